The molecule has 0 aliphatic carbocycles. The first-order chi connectivity index (χ1) is 10.1. The number of hydrogen-bond acceptors (Lipinski definition) is 3. The zero-order valence-electron chi connectivity index (χ0n) is 11.7. The molecule has 0 radical (unpaired) electrons. The predicted molar refractivity (Wildman–Crippen MR) is 85.5 cm³/mol. The van der Waals surface area contributed by atoms with E-state index in [9.17, 15) is 4.79 Å². The average Bonchev–Trinajstić information content (AvgIpc) is 2.86. The van der Waals surface area contributed by atoms with Gasteiger partial charge in [-0.05, 0) is 32.0 Å². The van der Waals surface area contributed by atoms with Crippen molar-refractivity contribution in [2.45, 2.75) is 19.9 Å². The van der Waals surface area contributed by atoms with Crippen LogP contribution in [0.4, 0.5) is 0 Å². The summed E-state index contributed by atoms with van der Waals surface area (Å²) in [6, 6.07) is 5.74. The van der Waals surface area contributed by atoms with Gasteiger partial charge in [0, 0.05) is 40.7 Å². The minimum absolute atomic E-state index is 0.0892. The molecule has 0 amide bonds. The maximum Gasteiger partial charge on any atom is 0.213 e. The summed E-state index contributed by atoms with van der Waals surface area (Å²) in [5, 5.41) is 0.859. The number of nitrogens with zero attached hydrogens (tertiary/aromatic N) is 3. The predicted octanol–water partition coefficient (Wildman–Crippen LogP) is 4.01. The Labute approximate surface area is 131 Å². The van der Waals surface area contributed by atoms with Gasteiger partial charge < -0.3 is 4.57 Å². The van der Waals surface area contributed by atoms with Crippen LogP contribution >= 0.6 is 15.9 Å². The fraction of sp³-hybridized carbons (Fsp3) is 0.188. The van der Waals surface area contributed by atoms with E-state index in [1.54, 1.807) is 30.7 Å². The van der Waals surface area contributed by atoms with Crippen LogP contribution < -0.4 is 0 Å². The van der Waals surface area contributed by atoms with Crippen LogP contribution in [0.25, 0.3) is 10.9 Å². The Morgan fingerprint density at radius 2 is 2.10 bits per heavy atom. The van der Waals surface area contributed by atoms with Crippen molar-refractivity contribution < 1.29 is 4.79 Å². The zero-order valence-corrected chi connectivity index (χ0v) is 13.3. The summed E-state index contributed by atoms with van der Waals surface area (Å²) >= 11 is 3.37. The normalized spacial score (nSPS) is 11.2. The number of fused-ring (bicyclic) bond motifs is 1. The monoisotopic (exact) mass is 343 g/mol. The Balaban J connectivity index is 2.19. The number of carbonyl (C=O) groups is 1. The van der Waals surface area contributed by atoms with Crippen LogP contribution in [0.2, 0.25) is 0 Å². The summed E-state index contributed by atoms with van der Waals surface area (Å²) in [4.78, 5) is 21.0. The second-order valence-electron chi connectivity index (χ2n) is 5.13. The van der Waals surface area contributed by atoms with Gasteiger partial charge in [0.2, 0.25) is 5.78 Å². The van der Waals surface area contributed by atoms with E-state index in [-0.39, 0.29) is 11.8 Å². The minimum Gasteiger partial charge on any atom is -0.344 e. The summed E-state index contributed by atoms with van der Waals surface area (Å²) in [6.07, 6.45) is 6.99. The number of aromatic nitrogens is 3. The molecule has 5 heteroatoms. The fourth-order valence-electron chi connectivity index (χ4n) is 2.37. The van der Waals surface area contributed by atoms with Crippen LogP contribution in [0.1, 0.15) is 35.9 Å². The van der Waals surface area contributed by atoms with E-state index in [1.807, 2.05) is 12.3 Å². The molecular formula is C16H14BrN3O. The molecule has 4 nitrogen and oxygen atoms in total. The Kier molecular flexibility index (Phi) is 3.59. The molecule has 3 heterocycles. The molecule has 3 rings (SSSR count). The Morgan fingerprint density at radius 3 is 2.81 bits per heavy atom. The summed E-state index contributed by atoms with van der Waals surface area (Å²) < 4.78 is 2.92. The maximum absolute atomic E-state index is 12.7. The van der Waals surface area contributed by atoms with Gasteiger partial charge in [0.1, 0.15) is 5.69 Å². The number of ketones is 1. The molecule has 0 aliphatic heterocycles. The van der Waals surface area contributed by atoms with Crippen molar-refractivity contribution in [1.82, 2.24) is 14.5 Å². The van der Waals surface area contributed by atoms with Crippen LogP contribution in [-0.2, 0) is 0 Å². The third kappa shape index (κ3) is 2.49. The van der Waals surface area contributed by atoms with Gasteiger partial charge in [-0.3, -0.25) is 14.8 Å². The van der Waals surface area contributed by atoms with Crippen molar-refractivity contribution >= 4 is 32.6 Å². The quantitative estimate of drug-likeness (QED) is 0.675. The van der Waals surface area contributed by atoms with E-state index < -0.39 is 0 Å². The van der Waals surface area contributed by atoms with Crippen molar-refractivity contribution in [1.29, 1.82) is 0 Å². The topological polar surface area (TPSA) is 47.8 Å². The smallest absolute Gasteiger partial charge is 0.213 e. The summed E-state index contributed by atoms with van der Waals surface area (Å²) in [6.45, 7) is 4.18. The lowest BCUT2D eigenvalue weighted by atomic mass is 10.1. The molecule has 0 atom stereocenters. The molecule has 0 unspecified atom stereocenters. The van der Waals surface area contributed by atoms with E-state index in [0.29, 0.717) is 11.3 Å². The van der Waals surface area contributed by atoms with Gasteiger partial charge in [-0.25, -0.2) is 0 Å². The van der Waals surface area contributed by atoms with E-state index in [2.05, 4.69) is 44.3 Å². The lowest BCUT2D eigenvalue weighted by molar-refractivity contribution is 0.103. The molecule has 106 valence electrons. The molecule has 0 aromatic carbocycles. The van der Waals surface area contributed by atoms with Gasteiger partial charge in [0.15, 0.2) is 0 Å². The van der Waals surface area contributed by atoms with E-state index >= 15 is 0 Å². The number of rotatable bonds is 3. The highest BCUT2D eigenvalue weighted by Gasteiger charge is 2.18. The van der Waals surface area contributed by atoms with E-state index in [4.69, 9.17) is 0 Å². The average molecular weight is 344 g/mol. The zero-order chi connectivity index (χ0) is 15.0. The molecule has 0 aliphatic rings. The Bertz CT molecular complexity index is 823. The molecule has 0 bridgehead atoms. The van der Waals surface area contributed by atoms with Crippen LogP contribution in [0.15, 0.2) is 47.5 Å². The van der Waals surface area contributed by atoms with Crippen molar-refractivity contribution in [3.8, 4) is 0 Å². The second-order valence-corrected chi connectivity index (χ2v) is 6.04. The highest BCUT2D eigenvalue weighted by atomic mass is 79.9. The van der Waals surface area contributed by atoms with Gasteiger partial charge in [-0.1, -0.05) is 15.9 Å². The van der Waals surface area contributed by atoms with Gasteiger partial charge in [0.05, 0.1) is 11.1 Å². The third-order valence-electron chi connectivity index (χ3n) is 3.39. The fourth-order valence-corrected chi connectivity index (χ4v) is 2.71. The van der Waals surface area contributed by atoms with Gasteiger partial charge in [0.25, 0.3) is 0 Å². The van der Waals surface area contributed by atoms with Gasteiger partial charge in [-0.2, -0.15) is 0 Å². The lowest BCUT2D eigenvalue weighted by Crippen LogP contribution is -2.04. The standard InChI is InChI=1S/C16H14BrN3O/c1-10(2)20-9-13(12-8-18-5-4-15(12)20)16(21)14-7-11(17)3-6-19-14/h3-10H,1-2H3. The van der Waals surface area contributed by atoms with Gasteiger partial charge in [-0.15, -0.1) is 0 Å². The van der Waals surface area contributed by atoms with E-state index in [1.165, 1.54) is 0 Å². The van der Waals surface area contributed by atoms with Gasteiger partial charge >= 0.3 is 0 Å². The first kappa shape index (κ1) is 13.9. The maximum atomic E-state index is 12.7. The number of halogens is 1. The minimum atomic E-state index is -0.0892. The largest absolute Gasteiger partial charge is 0.344 e. The summed E-state index contributed by atoms with van der Waals surface area (Å²) in [5.41, 5.74) is 2.08. The SMILES string of the molecule is CC(C)n1cc(C(=O)c2cc(Br)ccn2)c2cnccc21. The van der Waals surface area contributed by atoms with Crippen LogP contribution in [0, 0.1) is 0 Å². The molecule has 21 heavy (non-hydrogen) atoms. The third-order valence-corrected chi connectivity index (χ3v) is 3.88. The molecule has 3 aromatic rings. The van der Waals surface area contributed by atoms with E-state index in [0.717, 1.165) is 15.4 Å². The molecule has 3 aromatic heterocycles. The highest BCUT2D eigenvalue weighted by molar-refractivity contribution is 9.10. The van der Waals surface area contributed by atoms with Crippen LogP contribution in [-0.4, -0.2) is 20.3 Å². The first-order valence-corrected chi connectivity index (χ1v) is 7.48. The Hall–Kier alpha value is -2.01. The molecule has 0 spiro atoms. The summed E-state index contributed by atoms with van der Waals surface area (Å²) in [7, 11) is 0. The summed E-state index contributed by atoms with van der Waals surface area (Å²) in [5.74, 6) is -0.0892. The number of hydrogen-bond donors (Lipinski definition) is 0. The lowest BCUT2D eigenvalue weighted by Gasteiger charge is -2.08. The van der Waals surface area contributed by atoms with Crippen molar-refractivity contribution in [2.24, 2.45) is 0 Å². The first-order valence-electron chi connectivity index (χ1n) is 6.68. The Morgan fingerprint density at radius 1 is 1.29 bits per heavy atom. The molecular weight excluding hydrogens is 330 g/mol. The van der Waals surface area contributed by atoms with Crippen LogP contribution in [0.5, 0.6) is 0 Å². The molecule has 0 fully saturated rings. The number of carbonyl (C=O) groups excluding carboxylic acids is 1. The second kappa shape index (κ2) is 5.41. The molecule has 0 N–H and O–H groups in total. The van der Waals surface area contributed by atoms with Crippen molar-refractivity contribution in [3.63, 3.8) is 0 Å². The highest BCUT2D eigenvalue weighted by Crippen LogP contribution is 2.26. The molecule has 0 saturated carbocycles. The van der Waals surface area contributed by atoms with Crippen molar-refractivity contribution in [2.75, 3.05) is 0 Å². The number of pyridine rings is 2. The van der Waals surface area contributed by atoms with Crippen molar-refractivity contribution in [3.05, 3.63) is 58.7 Å². The molecule has 0 saturated heterocycles. The van der Waals surface area contributed by atoms with Crippen LogP contribution in [0.3, 0.4) is 0 Å².